The molecule has 0 radical (unpaired) electrons. The Hall–Kier alpha value is -2.41. The molecule has 26 heavy (non-hydrogen) atoms. The van der Waals surface area contributed by atoms with E-state index in [1.165, 1.54) is 0 Å². The molecule has 7 heteroatoms. The Labute approximate surface area is 152 Å². The van der Waals surface area contributed by atoms with E-state index in [0.717, 1.165) is 18.7 Å². The highest BCUT2D eigenvalue weighted by atomic mass is 16.2. The fraction of sp³-hybridized carbons (Fsp3) is 0.526. The van der Waals surface area contributed by atoms with Crippen molar-refractivity contribution in [1.29, 1.82) is 0 Å². The lowest BCUT2D eigenvalue weighted by Crippen LogP contribution is -2.53. The van der Waals surface area contributed by atoms with Crippen LogP contribution in [0.3, 0.4) is 0 Å². The van der Waals surface area contributed by atoms with Crippen molar-refractivity contribution in [2.45, 2.75) is 18.4 Å². The summed E-state index contributed by atoms with van der Waals surface area (Å²) in [5.41, 5.74) is 1.12. The van der Waals surface area contributed by atoms with Crippen LogP contribution in [0.2, 0.25) is 0 Å². The van der Waals surface area contributed by atoms with Gasteiger partial charge in [-0.2, -0.15) is 0 Å². The number of hydrogen-bond donors (Lipinski definition) is 0. The van der Waals surface area contributed by atoms with Crippen molar-refractivity contribution in [3.05, 3.63) is 52.5 Å². The molecule has 0 spiro atoms. The van der Waals surface area contributed by atoms with Gasteiger partial charge in [-0.1, -0.05) is 6.07 Å². The number of hydrogen-bond acceptors (Lipinski definition) is 4. The second-order valence-corrected chi connectivity index (χ2v) is 7.75. The van der Waals surface area contributed by atoms with Crippen molar-refractivity contribution < 1.29 is 4.79 Å². The number of aromatic nitrogens is 3. The number of carbonyl (C=O) groups is 1. The van der Waals surface area contributed by atoms with Gasteiger partial charge in [0, 0.05) is 56.8 Å². The van der Waals surface area contributed by atoms with Crippen molar-refractivity contribution in [1.82, 2.24) is 23.9 Å². The molecule has 0 N–H and O–H groups in total. The number of carbonyl (C=O) groups excluding carboxylic acids is 1. The molecule has 2 aliphatic rings. The third-order valence-corrected chi connectivity index (χ3v) is 5.65. The molecular formula is C19H25N5O2. The molecule has 4 rings (SSSR count). The SMILES string of the molecule is CN(C)C[C@H]1[C@H]2C[C@H](CN(C(=O)c3nccn3C)C2)c2cccc(=O)n21. The maximum atomic E-state index is 13.0. The van der Waals surface area contributed by atoms with Crippen LogP contribution >= 0.6 is 0 Å². The first-order valence-electron chi connectivity index (χ1n) is 9.08. The Kier molecular flexibility index (Phi) is 4.19. The fourth-order valence-corrected chi connectivity index (χ4v) is 4.53. The zero-order valence-corrected chi connectivity index (χ0v) is 15.5. The van der Waals surface area contributed by atoms with Crippen molar-refractivity contribution in [2.24, 2.45) is 13.0 Å². The van der Waals surface area contributed by atoms with E-state index in [9.17, 15) is 9.59 Å². The van der Waals surface area contributed by atoms with Gasteiger partial charge >= 0.3 is 0 Å². The van der Waals surface area contributed by atoms with Gasteiger partial charge in [0.2, 0.25) is 0 Å². The van der Waals surface area contributed by atoms with E-state index in [4.69, 9.17) is 0 Å². The molecule has 3 atom stereocenters. The van der Waals surface area contributed by atoms with Crippen LogP contribution in [-0.4, -0.2) is 63.6 Å². The number of pyridine rings is 1. The highest BCUT2D eigenvalue weighted by Gasteiger charge is 2.42. The van der Waals surface area contributed by atoms with Crippen LogP contribution in [0.25, 0.3) is 0 Å². The number of fused-ring (bicyclic) bond motifs is 4. The minimum absolute atomic E-state index is 0.0254. The second kappa shape index (κ2) is 6.39. The summed E-state index contributed by atoms with van der Waals surface area (Å²) in [6.45, 7) is 2.10. The van der Waals surface area contributed by atoms with Crippen LogP contribution in [0.1, 0.15) is 34.7 Å². The number of rotatable bonds is 3. The van der Waals surface area contributed by atoms with Crippen molar-refractivity contribution in [3.8, 4) is 0 Å². The molecule has 0 aromatic carbocycles. The molecule has 1 saturated heterocycles. The van der Waals surface area contributed by atoms with Crippen LogP contribution in [0.5, 0.6) is 0 Å². The van der Waals surface area contributed by atoms with Gasteiger partial charge in [0.15, 0.2) is 5.82 Å². The van der Waals surface area contributed by atoms with Gasteiger partial charge in [0.25, 0.3) is 11.5 Å². The summed E-state index contributed by atoms with van der Waals surface area (Å²) in [5.74, 6) is 0.917. The summed E-state index contributed by atoms with van der Waals surface area (Å²) in [5, 5.41) is 0. The lowest BCUT2D eigenvalue weighted by molar-refractivity contribution is 0.0484. The summed E-state index contributed by atoms with van der Waals surface area (Å²) in [4.78, 5) is 33.8. The number of likely N-dealkylation sites (N-methyl/N-ethyl adjacent to an activating group) is 1. The van der Waals surface area contributed by atoms with Gasteiger partial charge in [-0.3, -0.25) is 9.59 Å². The van der Waals surface area contributed by atoms with E-state index < -0.39 is 0 Å². The molecule has 4 heterocycles. The predicted octanol–water partition coefficient (Wildman–Crippen LogP) is 0.944. The Balaban J connectivity index is 1.71. The minimum Gasteiger partial charge on any atom is -0.335 e. The Morgan fingerprint density at radius 2 is 2.12 bits per heavy atom. The maximum Gasteiger partial charge on any atom is 0.289 e. The molecule has 0 unspecified atom stereocenters. The molecule has 0 aliphatic carbocycles. The molecule has 138 valence electrons. The number of imidazole rings is 1. The van der Waals surface area contributed by atoms with E-state index in [0.29, 0.717) is 18.9 Å². The summed E-state index contributed by atoms with van der Waals surface area (Å²) in [7, 11) is 5.90. The molecule has 2 aliphatic heterocycles. The number of nitrogens with zero attached hydrogens (tertiary/aromatic N) is 5. The lowest BCUT2D eigenvalue weighted by atomic mass is 9.78. The first-order chi connectivity index (χ1) is 12.5. The number of piperidine rings is 1. The third-order valence-electron chi connectivity index (χ3n) is 5.65. The van der Waals surface area contributed by atoms with E-state index >= 15 is 0 Å². The topological polar surface area (TPSA) is 63.4 Å². The molecule has 2 aromatic rings. The van der Waals surface area contributed by atoms with Gasteiger partial charge in [0.1, 0.15) is 0 Å². The van der Waals surface area contributed by atoms with Crippen LogP contribution in [0, 0.1) is 5.92 Å². The van der Waals surface area contributed by atoms with Gasteiger partial charge in [-0.15, -0.1) is 0 Å². The zero-order chi connectivity index (χ0) is 18.4. The van der Waals surface area contributed by atoms with E-state index in [-0.39, 0.29) is 29.3 Å². The molecule has 7 nitrogen and oxygen atoms in total. The van der Waals surface area contributed by atoms with Crippen LogP contribution < -0.4 is 5.56 Å². The van der Waals surface area contributed by atoms with Crippen LogP contribution in [0.15, 0.2) is 35.4 Å². The Bertz CT molecular complexity index is 884. The van der Waals surface area contributed by atoms with Gasteiger partial charge < -0.3 is 18.9 Å². The molecular weight excluding hydrogens is 330 g/mol. The second-order valence-electron chi connectivity index (χ2n) is 7.75. The number of amides is 1. The Morgan fingerprint density at radius 3 is 2.81 bits per heavy atom. The molecule has 0 saturated carbocycles. The van der Waals surface area contributed by atoms with Crippen molar-refractivity contribution in [2.75, 3.05) is 33.7 Å². The maximum absolute atomic E-state index is 13.0. The average molecular weight is 355 g/mol. The Morgan fingerprint density at radius 1 is 1.31 bits per heavy atom. The third kappa shape index (κ3) is 2.76. The first-order valence-corrected chi connectivity index (χ1v) is 9.08. The molecule has 1 fully saturated rings. The van der Waals surface area contributed by atoms with Gasteiger partial charge in [-0.05, 0) is 32.5 Å². The summed E-state index contributed by atoms with van der Waals surface area (Å²) in [6, 6.07) is 5.60. The zero-order valence-electron chi connectivity index (χ0n) is 15.5. The first kappa shape index (κ1) is 17.0. The van der Waals surface area contributed by atoms with Gasteiger partial charge in [0.05, 0.1) is 6.04 Å². The minimum atomic E-state index is -0.0254. The van der Waals surface area contributed by atoms with Crippen molar-refractivity contribution >= 4 is 5.91 Å². The molecule has 2 aromatic heterocycles. The molecule has 2 bridgehead atoms. The average Bonchev–Trinajstić information content (AvgIpc) is 3.03. The quantitative estimate of drug-likeness (QED) is 0.822. The monoisotopic (exact) mass is 355 g/mol. The van der Waals surface area contributed by atoms with E-state index in [1.54, 1.807) is 23.0 Å². The summed E-state index contributed by atoms with van der Waals surface area (Å²) >= 11 is 0. The summed E-state index contributed by atoms with van der Waals surface area (Å²) < 4.78 is 3.74. The van der Waals surface area contributed by atoms with Gasteiger partial charge in [-0.25, -0.2) is 4.98 Å². The predicted molar refractivity (Wildman–Crippen MR) is 98.3 cm³/mol. The lowest BCUT2D eigenvalue weighted by Gasteiger charge is -2.47. The highest BCUT2D eigenvalue weighted by molar-refractivity contribution is 5.91. The van der Waals surface area contributed by atoms with E-state index in [2.05, 4.69) is 9.88 Å². The normalized spacial score (nSPS) is 24.6. The highest BCUT2D eigenvalue weighted by Crippen LogP contribution is 2.41. The van der Waals surface area contributed by atoms with Crippen molar-refractivity contribution in [3.63, 3.8) is 0 Å². The molecule has 1 amide bonds. The van der Waals surface area contributed by atoms with Crippen LogP contribution in [0.4, 0.5) is 0 Å². The van der Waals surface area contributed by atoms with E-state index in [1.807, 2.05) is 42.7 Å². The largest absolute Gasteiger partial charge is 0.335 e. The summed E-state index contributed by atoms with van der Waals surface area (Å²) in [6.07, 6.45) is 4.47. The number of aryl methyl sites for hydroxylation is 1. The smallest absolute Gasteiger partial charge is 0.289 e. The van der Waals surface area contributed by atoms with Crippen LogP contribution in [-0.2, 0) is 7.05 Å². The fourth-order valence-electron chi connectivity index (χ4n) is 4.53. The number of likely N-dealkylation sites (tertiary alicyclic amines) is 1. The standard InChI is InChI=1S/C19H25N5O2/c1-21(2)12-16-14-9-13(15-5-4-6-17(25)24(15)16)10-23(11-14)19(26)18-20-7-8-22(18)3/h4-8,13-14,16H,9-12H2,1-3H3/t13-,14+,16+/m1/s1.